The number of rotatable bonds is 6. The van der Waals surface area contributed by atoms with Gasteiger partial charge in [0.2, 0.25) is 6.41 Å². The molecule has 0 atom stereocenters. The third-order valence-electron chi connectivity index (χ3n) is 3.41. The molecule has 0 unspecified atom stereocenters. The highest BCUT2D eigenvalue weighted by atomic mass is 32.1. The zero-order valence-corrected chi connectivity index (χ0v) is 14.2. The molecule has 1 fully saturated rings. The highest BCUT2D eigenvalue weighted by Gasteiger charge is 2.28. The van der Waals surface area contributed by atoms with Crippen LogP contribution in [0.2, 0.25) is 0 Å². The van der Waals surface area contributed by atoms with E-state index < -0.39 is 0 Å². The Bertz CT molecular complexity index is 641. The van der Waals surface area contributed by atoms with Crippen molar-refractivity contribution in [2.24, 2.45) is 5.84 Å². The van der Waals surface area contributed by atoms with Crippen LogP contribution in [0.5, 0.6) is 5.75 Å². The smallest absolute Gasteiger partial charge is 0.221 e. The number of carbonyl (C=O) groups excluding carboxylic acids is 1. The highest BCUT2D eigenvalue weighted by Crippen LogP contribution is 2.46. The van der Waals surface area contributed by atoms with Gasteiger partial charge in [0.25, 0.3) is 0 Å². The summed E-state index contributed by atoms with van der Waals surface area (Å²) in [7, 11) is 1.94. The lowest BCUT2D eigenvalue weighted by Crippen LogP contribution is -2.18. The van der Waals surface area contributed by atoms with Crippen LogP contribution in [0, 0.1) is 6.92 Å². The first kappa shape index (κ1) is 17.2. The number of nitrogens with zero attached hydrogens (tertiary/aromatic N) is 1. The molecule has 124 valence electrons. The van der Waals surface area contributed by atoms with Crippen molar-refractivity contribution >= 4 is 23.4 Å². The minimum Gasteiger partial charge on any atom is -0.484 e. The van der Waals surface area contributed by atoms with Crippen molar-refractivity contribution in [3.63, 3.8) is 0 Å². The Morgan fingerprint density at radius 3 is 2.74 bits per heavy atom. The van der Waals surface area contributed by atoms with Crippen LogP contribution in [-0.4, -0.2) is 18.4 Å². The normalized spacial score (nSPS) is 12.8. The number of ether oxygens (including phenoxy) is 1. The largest absolute Gasteiger partial charge is 0.484 e. The van der Waals surface area contributed by atoms with Crippen molar-refractivity contribution in [3.8, 4) is 5.75 Å². The van der Waals surface area contributed by atoms with Crippen molar-refractivity contribution in [2.75, 3.05) is 12.4 Å². The molecule has 1 aromatic heterocycles. The van der Waals surface area contributed by atoms with Gasteiger partial charge < -0.3 is 10.1 Å². The zero-order chi connectivity index (χ0) is 16.7. The summed E-state index contributed by atoms with van der Waals surface area (Å²) in [5.74, 6) is 6.09. The summed E-state index contributed by atoms with van der Waals surface area (Å²) in [5.41, 5.74) is 4.15. The van der Waals surface area contributed by atoms with Crippen molar-refractivity contribution in [1.82, 2.24) is 10.4 Å². The summed E-state index contributed by atoms with van der Waals surface area (Å²) in [5, 5.41) is 4.25. The molecule has 4 N–H and O–H groups in total. The van der Waals surface area contributed by atoms with Crippen molar-refractivity contribution < 1.29 is 9.53 Å². The lowest BCUT2D eigenvalue weighted by molar-refractivity contribution is -0.109. The minimum absolute atomic E-state index is 0.403. The zero-order valence-electron chi connectivity index (χ0n) is 13.3. The summed E-state index contributed by atoms with van der Waals surface area (Å²) in [4.78, 5) is 14.5. The number of hydrogen-bond donors (Lipinski definition) is 3. The molecule has 1 amide bonds. The van der Waals surface area contributed by atoms with Gasteiger partial charge in [-0.1, -0.05) is 12.1 Å². The van der Waals surface area contributed by atoms with Crippen LogP contribution < -0.4 is 21.3 Å². The molecule has 0 aliphatic heterocycles. The minimum atomic E-state index is 0.403. The molecular weight excluding hydrogens is 312 g/mol. The summed E-state index contributed by atoms with van der Waals surface area (Å²) in [6.07, 6.45) is 4.86. The first-order valence-electron chi connectivity index (χ1n) is 7.44. The quantitative estimate of drug-likeness (QED) is 0.327. The van der Waals surface area contributed by atoms with Gasteiger partial charge in [0.1, 0.15) is 17.4 Å². The Hall–Kier alpha value is -2.12. The molecule has 2 aromatic rings. The van der Waals surface area contributed by atoms with E-state index in [9.17, 15) is 0 Å². The Labute approximate surface area is 140 Å². The molecule has 7 heteroatoms. The van der Waals surface area contributed by atoms with Crippen LogP contribution in [0.4, 0.5) is 5.69 Å². The van der Waals surface area contributed by atoms with E-state index in [0.29, 0.717) is 18.9 Å². The molecule has 1 aromatic carbocycles. The van der Waals surface area contributed by atoms with E-state index in [1.165, 1.54) is 23.3 Å². The lowest BCUT2D eigenvalue weighted by Gasteiger charge is -2.14. The predicted octanol–water partition coefficient (Wildman–Crippen LogP) is 2.56. The van der Waals surface area contributed by atoms with Gasteiger partial charge in [0.15, 0.2) is 0 Å². The van der Waals surface area contributed by atoms with Gasteiger partial charge in [-0.15, -0.1) is 11.3 Å². The van der Waals surface area contributed by atoms with Crippen LogP contribution in [0.1, 0.15) is 34.2 Å². The first-order chi connectivity index (χ1) is 11.2. The Morgan fingerprint density at radius 2 is 2.22 bits per heavy atom. The first-order valence-corrected chi connectivity index (χ1v) is 8.25. The van der Waals surface area contributed by atoms with Crippen LogP contribution in [0.25, 0.3) is 0 Å². The fourth-order valence-electron chi connectivity index (χ4n) is 2.23. The number of aromatic nitrogens is 1. The molecule has 0 spiro atoms. The van der Waals surface area contributed by atoms with Crippen LogP contribution in [0.15, 0.2) is 24.4 Å². The van der Waals surface area contributed by atoms with Gasteiger partial charge in [-0.3, -0.25) is 10.2 Å². The number of nitrogens with two attached hydrogens (primary N) is 1. The number of nitrogens with one attached hydrogen (secondary N) is 2. The van der Waals surface area contributed by atoms with Gasteiger partial charge in [-0.05, 0) is 37.3 Å². The molecule has 23 heavy (non-hydrogen) atoms. The van der Waals surface area contributed by atoms with Crippen LogP contribution >= 0.6 is 11.3 Å². The molecule has 1 aliphatic carbocycles. The fourth-order valence-corrected chi connectivity index (χ4v) is 2.93. The van der Waals surface area contributed by atoms with Gasteiger partial charge >= 0.3 is 0 Å². The number of benzene rings is 1. The molecule has 0 saturated heterocycles. The van der Waals surface area contributed by atoms with E-state index in [4.69, 9.17) is 9.53 Å². The van der Waals surface area contributed by atoms with E-state index in [-0.39, 0.29) is 0 Å². The Balaban J connectivity index is 0.000000433. The predicted molar refractivity (Wildman–Crippen MR) is 92.5 cm³/mol. The number of aryl methyl sites for hydroxylation is 1. The number of anilines is 1. The second-order valence-electron chi connectivity index (χ2n) is 5.19. The molecule has 6 nitrogen and oxygen atoms in total. The summed E-state index contributed by atoms with van der Waals surface area (Å²) in [6.45, 7) is 2.62. The van der Waals surface area contributed by atoms with Gasteiger partial charge in [0.05, 0.1) is 5.69 Å². The number of carbonyl (C=O) groups is 1. The van der Waals surface area contributed by atoms with E-state index in [2.05, 4.69) is 41.3 Å². The number of thiazole rings is 1. The van der Waals surface area contributed by atoms with Crippen LogP contribution in [-0.2, 0) is 11.4 Å². The monoisotopic (exact) mass is 334 g/mol. The maximum atomic E-state index is 8.94. The summed E-state index contributed by atoms with van der Waals surface area (Å²) >= 11 is 1.69. The fraction of sp³-hybridized carbons (Fsp3) is 0.375. The Morgan fingerprint density at radius 1 is 1.48 bits per heavy atom. The summed E-state index contributed by atoms with van der Waals surface area (Å²) < 4.78 is 6.05. The third kappa shape index (κ3) is 4.94. The topological polar surface area (TPSA) is 89.3 Å². The number of hydrazine groups is 1. The van der Waals surface area contributed by atoms with Gasteiger partial charge in [0, 0.05) is 18.1 Å². The number of hydrogen-bond acceptors (Lipinski definition) is 6. The molecule has 1 saturated carbocycles. The lowest BCUT2D eigenvalue weighted by atomic mass is 10.1. The SMILES string of the molecule is CNc1cccc(C2CC2)c1OCc1ncc(C)s1.NNC=O. The number of para-hydroxylation sites is 1. The van der Waals surface area contributed by atoms with E-state index >= 15 is 0 Å². The third-order valence-corrected chi connectivity index (χ3v) is 4.30. The molecule has 1 heterocycles. The summed E-state index contributed by atoms with van der Waals surface area (Å²) in [6, 6.07) is 6.34. The second-order valence-corrected chi connectivity index (χ2v) is 6.51. The van der Waals surface area contributed by atoms with Gasteiger partial charge in [-0.25, -0.2) is 10.8 Å². The average molecular weight is 334 g/mol. The number of amides is 1. The molecule has 0 radical (unpaired) electrons. The van der Waals surface area contributed by atoms with E-state index in [1.807, 2.05) is 13.2 Å². The highest BCUT2D eigenvalue weighted by molar-refractivity contribution is 7.11. The van der Waals surface area contributed by atoms with Crippen LogP contribution in [0.3, 0.4) is 0 Å². The van der Waals surface area contributed by atoms with E-state index in [1.54, 1.807) is 16.8 Å². The molecular formula is C16H22N4O2S. The maximum absolute atomic E-state index is 8.94. The second kappa shape index (κ2) is 8.50. The Kier molecular flexibility index (Phi) is 6.37. The average Bonchev–Trinajstić information content (AvgIpc) is 3.35. The molecule has 1 aliphatic rings. The van der Waals surface area contributed by atoms with Gasteiger partial charge in [-0.2, -0.15) is 0 Å². The molecule has 0 bridgehead atoms. The molecule has 3 rings (SSSR count). The van der Waals surface area contributed by atoms with Crippen molar-refractivity contribution in [2.45, 2.75) is 32.3 Å². The van der Waals surface area contributed by atoms with Crippen molar-refractivity contribution in [3.05, 3.63) is 39.8 Å². The standard InChI is InChI=1S/C15H18N2OS.CH4N2O/c1-10-8-17-14(19-10)9-18-15-12(11-6-7-11)4-3-5-13(15)16-2;2-3-1-4/h3-5,8,11,16H,6-7,9H2,1-2H3;1H,2H2,(H,3,4). The van der Waals surface area contributed by atoms with E-state index in [0.717, 1.165) is 16.4 Å². The maximum Gasteiger partial charge on any atom is 0.221 e. The van der Waals surface area contributed by atoms with Crippen molar-refractivity contribution in [1.29, 1.82) is 0 Å².